The summed E-state index contributed by atoms with van der Waals surface area (Å²) < 4.78 is 5.15. The van der Waals surface area contributed by atoms with E-state index in [0.29, 0.717) is 23.5 Å². The third-order valence-electron chi connectivity index (χ3n) is 1.84. The molecular formula is C10H10ClN3O. The predicted molar refractivity (Wildman–Crippen MR) is 58.0 cm³/mol. The van der Waals surface area contributed by atoms with Gasteiger partial charge in [0.15, 0.2) is 5.82 Å². The Balaban J connectivity index is 2.29. The highest BCUT2D eigenvalue weighted by Crippen LogP contribution is 2.20. The lowest BCUT2D eigenvalue weighted by molar-refractivity contribution is 0.314. The van der Waals surface area contributed by atoms with Gasteiger partial charge in [0.1, 0.15) is 0 Å². The smallest absolute Gasteiger partial charge is 0.335 e. The summed E-state index contributed by atoms with van der Waals surface area (Å²) in [5.41, 5.74) is 0.890. The molecule has 0 saturated carbocycles. The van der Waals surface area contributed by atoms with Gasteiger partial charge in [-0.25, -0.2) is 0 Å². The number of nitrogens with one attached hydrogen (secondary N) is 1. The Morgan fingerprint density at radius 1 is 1.47 bits per heavy atom. The fourth-order valence-electron chi connectivity index (χ4n) is 1.20. The average Bonchev–Trinajstić information content (AvgIpc) is 2.67. The molecule has 0 aliphatic heterocycles. The molecule has 0 aliphatic rings. The highest BCUT2D eigenvalue weighted by atomic mass is 35.5. The summed E-state index contributed by atoms with van der Waals surface area (Å²) in [6, 6.07) is 7.75. The van der Waals surface area contributed by atoms with Gasteiger partial charge in [0.2, 0.25) is 0 Å². The zero-order valence-electron chi connectivity index (χ0n) is 8.20. The van der Waals surface area contributed by atoms with Crippen LogP contribution in [0.5, 0.6) is 6.01 Å². The van der Waals surface area contributed by atoms with Gasteiger partial charge in [-0.05, 0) is 19.1 Å². The standard InChI is InChI=1S/C10H10ClN3O/c1-2-15-10-12-9(13-14-10)7-4-3-5-8(11)6-7/h3-6H,2H2,1H3,(H,12,13,14). The molecule has 4 nitrogen and oxygen atoms in total. The number of hydrogen-bond acceptors (Lipinski definition) is 3. The number of benzene rings is 1. The Bertz CT molecular complexity index is 455. The van der Waals surface area contributed by atoms with Crippen molar-refractivity contribution in [2.75, 3.05) is 6.61 Å². The van der Waals surface area contributed by atoms with Gasteiger partial charge in [0.05, 0.1) is 6.61 Å². The van der Waals surface area contributed by atoms with Gasteiger partial charge in [0.25, 0.3) is 0 Å². The molecule has 15 heavy (non-hydrogen) atoms. The van der Waals surface area contributed by atoms with Crippen molar-refractivity contribution in [2.24, 2.45) is 0 Å². The van der Waals surface area contributed by atoms with Gasteiger partial charge in [-0.15, -0.1) is 5.10 Å². The minimum Gasteiger partial charge on any atom is -0.463 e. The number of aromatic amines is 1. The molecule has 0 fully saturated rings. The first-order chi connectivity index (χ1) is 7.29. The molecule has 0 aliphatic carbocycles. The summed E-state index contributed by atoms with van der Waals surface area (Å²) in [5, 5.41) is 7.37. The summed E-state index contributed by atoms with van der Waals surface area (Å²) in [6.45, 7) is 2.43. The molecule has 5 heteroatoms. The van der Waals surface area contributed by atoms with Crippen LogP contribution in [-0.4, -0.2) is 21.8 Å². The van der Waals surface area contributed by atoms with E-state index < -0.39 is 0 Å². The Morgan fingerprint density at radius 3 is 3.07 bits per heavy atom. The highest BCUT2D eigenvalue weighted by Gasteiger charge is 2.05. The molecular weight excluding hydrogens is 214 g/mol. The van der Waals surface area contributed by atoms with Crippen molar-refractivity contribution in [2.45, 2.75) is 6.92 Å². The van der Waals surface area contributed by atoms with Gasteiger partial charge in [-0.1, -0.05) is 23.7 Å². The Hall–Kier alpha value is -1.55. The molecule has 0 unspecified atom stereocenters. The van der Waals surface area contributed by atoms with Crippen LogP contribution in [0.3, 0.4) is 0 Å². The number of hydrogen-bond donors (Lipinski definition) is 1. The van der Waals surface area contributed by atoms with Crippen LogP contribution >= 0.6 is 11.6 Å². The molecule has 0 radical (unpaired) electrons. The molecule has 78 valence electrons. The molecule has 0 saturated heterocycles. The predicted octanol–water partition coefficient (Wildman–Crippen LogP) is 2.52. The van der Waals surface area contributed by atoms with Gasteiger partial charge in [0, 0.05) is 10.6 Å². The Kier molecular flexibility index (Phi) is 2.87. The first kappa shape index (κ1) is 9.98. The zero-order chi connectivity index (χ0) is 10.7. The van der Waals surface area contributed by atoms with E-state index in [1.165, 1.54) is 0 Å². The van der Waals surface area contributed by atoms with Crippen LogP contribution in [0.25, 0.3) is 11.4 Å². The minimum atomic E-state index is 0.354. The number of nitrogens with zero attached hydrogens (tertiary/aromatic N) is 2. The zero-order valence-corrected chi connectivity index (χ0v) is 8.95. The fourth-order valence-corrected chi connectivity index (χ4v) is 1.40. The first-order valence-electron chi connectivity index (χ1n) is 4.60. The van der Waals surface area contributed by atoms with Crippen molar-refractivity contribution in [3.8, 4) is 17.4 Å². The second kappa shape index (κ2) is 4.31. The number of rotatable bonds is 3. The van der Waals surface area contributed by atoms with Crippen LogP contribution in [0.15, 0.2) is 24.3 Å². The maximum Gasteiger partial charge on any atom is 0.335 e. The fraction of sp³-hybridized carbons (Fsp3) is 0.200. The van der Waals surface area contributed by atoms with Crippen LogP contribution in [0, 0.1) is 0 Å². The van der Waals surface area contributed by atoms with Crippen molar-refractivity contribution in [3.05, 3.63) is 29.3 Å². The minimum absolute atomic E-state index is 0.354. The van der Waals surface area contributed by atoms with E-state index >= 15 is 0 Å². The van der Waals surface area contributed by atoms with Gasteiger partial charge in [-0.3, -0.25) is 5.10 Å². The van der Waals surface area contributed by atoms with E-state index in [2.05, 4.69) is 15.2 Å². The maximum atomic E-state index is 5.87. The number of halogens is 1. The highest BCUT2D eigenvalue weighted by molar-refractivity contribution is 6.30. The van der Waals surface area contributed by atoms with Crippen LogP contribution in [0.1, 0.15) is 6.92 Å². The maximum absolute atomic E-state index is 5.87. The molecule has 1 N–H and O–H groups in total. The summed E-state index contributed by atoms with van der Waals surface area (Å²) in [7, 11) is 0. The monoisotopic (exact) mass is 223 g/mol. The van der Waals surface area contributed by atoms with Crippen molar-refractivity contribution in [1.82, 2.24) is 15.2 Å². The quantitative estimate of drug-likeness (QED) is 0.870. The van der Waals surface area contributed by atoms with Crippen LogP contribution in [0.4, 0.5) is 0 Å². The van der Waals surface area contributed by atoms with Gasteiger partial charge in [-0.2, -0.15) is 4.98 Å². The summed E-state index contributed by atoms with van der Waals surface area (Å²) in [5.74, 6) is 0.654. The molecule has 2 aromatic rings. The second-order valence-corrected chi connectivity index (χ2v) is 3.35. The molecule has 0 atom stereocenters. The van der Waals surface area contributed by atoms with E-state index in [9.17, 15) is 0 Å². The topological polar surface area (TPSA) is 50.8 Å². The summed E-state index contributed by atoms with van der Waals surface area (Å²) >= 11 is 5.87. The van der Waals surface area contributed by atoms with Crippen molar-refractivity contribution >= 4 is 11.6 Å². The SMILES string of the molecule is CCOc1n[nH]c(-c2cccc(Cl)c2)n1. The largest absolute Gasteiger partial charge is 0.463 e. The molecule has 0 amide bonds. The number of H-pyrrole nitrogens is 1. The third kappa shape index (κ3) is 2.27. The normalized spacial score (nSPS) is 10.3. The average molecular weight is 224 g/mol. The third-order valence-corrected chi connectivity index (χ3v) is 2.07. The van der Waals surface area contributed by atoms with Crippen molar-refractivity contribution < 1.29 is 4.74 Å². The van der Waals surface area contributed by atoms with E-state index in [1.54, 1.807) is 0 Å². The van der Waals surface area contributed by atoms with Crippen molar-refractivity contribution in [1.29, 1.82) is 0 Å². The van der Waals surface area contributed by atoms with E-state index in [0.717, 1.165) is 5.56 Å². The molecule has 0 spiro atoms. The van der Waals surface area contributed by atoms with E-state index in [-0.39, 0.29) is 0 Å². The van der Waals surface area contributed by atoms with Gasteiger partial charge < -0.3 is 4.74 Å². The van der Waals surface area contributed by atoms with Gasteiger partial charge >= 0.3 is 6.01 Å². The van der Waals surface area contributed by atoms with Crippen LogP contribution in [-0.2, 0) is 0 Å². The molecule has 2 rings (SSSR count). The first-order valence-corrected chi connectivity index (χ1v) is 4.98. The molecule has 1 heterocycles. The summed E-state index contributed by atoms with van der Waals surface area (Å²) in [6.07, 6.45) is 0. The van der Waals surface area contributed by atoms with Crippen LogP contribution in [0.2, 0.25) is 5.02 Å². The second-order valence-electron chi connectivity index (χ2n) is 2.91. The lowest BCUT2D eigenvalue weighted by Gasteiger charge is -1.95. The summed E-state index contributed by atoms with van der Waals surface area (Å²) in [4.78, 5) is 4.16. The van der Waals surface area contributed by atoms with E-state index in [4.69, 9.17) is 16.3 Å². The van der Waals surface area contributed by atoms with Crippen LogP contribution < -0.4 is 4.74 Å². The Morgan fingerprint density at radius 2 is 2.33 bits per heavy atom. The van der Waals surface area contributed by atoms with Crippen molar-refractivity contribution in [3.63, 3.8) is 0 Å². The molecule has 0 bridgehead atoms. The number of ether oxygens (including phenoxy) is 1. The van der Waals surface area contributed by atoms with E-state index in [1.807, 2.05) is 31.2 Å². The Labute approximate surface area is 92.3 Å². The molecule has 1 aromatic carbocycles. The lowest BCUT2D eigenvalue weighted by atomic mass is 10.2. The number of aromatic nitrogens is 3. The lowest BCUT2D eigenvalue weighted by Crippen LogP contribution is -1.92. The molecule has 1 aromatic heterocycles.